The smallest absolute Gasteiger partial charge is 0.190 e. The SMILES string of the molecule is CCOc1ccc(N=c2scc(-c3ccc(Cl)cc3)n2CCCO)cc1. The third-order valence-corrected chi connectivity index (χ3v) is 4.97. The Morgan fingerprint density at radius 3 is 2.50 bits per heavy atom. The number of hydrogen-bond donors (Lipinski definition) is 1. The Balaban J connectivity index is 1.99. The molecule has 0 atom stereocenters. The number of ether oxygens (including phenoxy) is 1. The van der Waals surface area contributed by atoms with Gasteiger partial charge in [-0.1, -0.05) is 23.7 Å². The Labute approximate surface area is 162 Å². The minimum Gasteiger partial charge on any atom is -0.494 e. The molecule has 0 aliphatic carbocycles. The van der Waals surface area contributed by atoms with Gasteiger partial charge in [0.1, 0.15) is 5.75 Å². The highest BCUT2D eigenvalue weighted by Gasteiger charge is 2.08. The van der Waals surface area contributed by atoms with Crippen LogP contribution < -0.4 is 9.54 Å². The number of benzene rings is 2. The van der Waals surface area contributed by atoms with Crippen molar-refractivity contribution in [2.24, 2.45) is 4.99 Å². The van der Waals surface area contributed by atoms with Crippen LogP contribution in [-0.2, 0) is 6.54 Å². The molecule has 3 rings (SSSR count). The van der Waals surface area contributed by atoms with Crippen LogP contribution in [0.1, 0.15) is 13.3 Å². The van der Waals surface area contributed by atoms with E-state index in [9.17, 15) is 5.11 Å². The lowest BCUT2D eigenvalue weighted by Crippen LogP contribution is -2.16. The van der Waals surface area contributed by atoms with Crippen molar-refractivity contribution < 1.29 is 9.84 Å². The van der Waals surface area contributed by atoms with Crippen LogP contribution in [0.4, 0.5) is 5.69 Å². The maximum Gasteiger partial charge on any atom is 0.190 e. The lowest BCUT2D eigenvalue weighted by Gasteiger charge is -2.08. The molecule has 0 aliphatic heterocycles. The van der Waals surface area contributed by atoms with Crippen molar-refractivity contribution in [2.45, 2.75) is 19.9 Å². The van der Waals surface area contributed by atoms with Crippen LogP contribution in [0, 0.1) is 0 Å². The van der Waals surface area contributed by atoms with E-state index >= 15 is 0 Å². The number of aromatic nitrogens is 1. The van der Waals surface area contributed by atoms with E-state index < -0.39 is 0 Å². The summed E-state index contributed by atoms with van der Waals surface area (Å²) in [5.41, 5.74) is 3.03. The molecular formula is C20H21ClN2O2S. The van der Waals surface area contributed by atoms with Gasteiger partial charge in [0.2, 0.25) is 0 Å². The zero-order valence-corrected chi connectivity index (χ0v) is 16.1. The topological polar surface area (TPSA) is 46.8 Å². The summed E-state index contributed by atoms with van der Waals surface area (Å²) in [5, 5.41) is 12.1. The maximum absolute atomic E-state index is 9.25. The Kier molecular flexibility index (Phi) is 6.50. The molecule has 0 aliphatic rings. The first-order chi connectivity index (χ1) is 12.7. The standard InChI is InChI=1S/C20H21ClN2O2S/c1-2-25-18-10-8-17(9-11-18)22-20-23(12-3-13-24)19(14-26-20)15-4-6-16(21)7-5-15/h4-11,14,24H,2-3,12-13H2,1H3. The number of hydrogen-bond acceptors (Lipinski definition) is 4. The number of aliphatic hydroxyl groups is 1. The molecule has 0 spiro atoms. The highest BCUT2D eigenvalue weighted by molar-refractivity contribution is 7.07. The third kappa shape index (κ3) is 4.55. The molecule has 0 fully saturated rings. The molecule has 1 aromatic heterocycles. The first-order valence-corrected chi connectivity index (χ1v) is 9.79. The van der Waals surface area contributed by atoms with Gasteiger partial charge in [-0.05, 0) is 55.3 Å². The molecule has 0 saturated carbocycles. The van der Waals surface area contributed by atoms with Gasteiger partial charge in [0.05, 0.1) is 18.0 Å². The first kappa shape index (κ1) is 18.7. The third-order valence-electron chi connectivity index (χ3n) is 3.85. The largest absolute Gasteiger partial charge is 0.494 e. The summed E-state index contributed by atoms with van der Waals surface area (Å²) in [5.74, 6) is 0.840. The van der Waals surface area contributed by atoms with E-state index in [1.54, 1.807) is 11.3 Å². The molecule has 1 N–H and O–H groups in total. The minimum atomic E-state index is 0.144. The Hall–Kier alpha value is -2.08. The van der Waals surface area contributed by atoms with Crippen molar-refractivity contribution in [3.05, 3.63) is 63.7 Å². The predicted molar refractivity (Wildman–Crippen MR) is 107 cm³/mol. The fourth-order valence-corrected chi connectivity index (χ4v) is 3.69. The van der Waals surface area contributed by atoms with Gasteiger partial charge < -0.3 is 14.4 Å². The molecule has 136 valence electrons. The quantitative estimate of drug-likeness (QED) is 0.626. The monoisotopic (exact) mass is 388 g/mol. The second-order valence-corrected chi connectivity index (χ2v) is 6.95. The molecule has 0 radical (unpaired) electrons. The van der Waals surface area contributed by atoms with Crippen LogP contribution in [0.25, 0.3) is 11.3 Å². The summed E-state index contributed by atoms with van der Waals surface area (Å²) in [6, 6.07) is 15.5. The van der Waals surface area contributed by atoms with E-state index in [0.29, 0.717) is 24.6 Å². The second-order valence-electron chi connectivity index (χ2n) is 5.68. The van der Waals surface area contributed by atoms with Crippen molar-refractivity contribution in [3.63, 3.8) is 0 Å². The fourth-order valence-electron chi connectivity index (χ4n) is 2.61. The summed E-state index contributed by atoms with van der Waals surface area (Å²) in [4.78, 5) is 5.67. The number of aliphatic hydroxyl groups excluding tert-OH is 1. The van der Waals surface area contributed by atoms with E-state index in [2.05, 4.69) is 9.95 Å². The molecule has 2 aromatic carbocycles. The summed E-state index contributed by atoms with van der Waals surface area (Å²) < 4.78 is 7.62. The number of rotatable bonds is 7. The van der Waals surface area contributed by atoms with Crippen LogP contribution in [0.5, 0.6) is 5.75 Å². The fraction of sp³-hybridized carbons (Fsp3) is 0.250. The Morgan fingerprint density at radius 1 is 1.12 bits per heavy atom. The van der Waals surface area contributed by atoms with Crippen LogP contribution in [0.2, 0.25) is 5.02 Å². The maximum atomic E-state index is 9.25. The van der Waals surface area contributed by atoms with E-state index in [1.807, 2.05) is 55.5 Å². The summed E-state index contributed by atoms with van der Waals surface area (Å²) in [6.07, 6.45) is 0.674. The van der Waals surface area contributed by atoms with Crippen LogP contribution in [0.3, 0.4) is 0 Å². The average Bonchev–Trinajstić information content (AvgIpc) is 3.05. The van der Waals surface area contributed by atoms with E-state index in [-0.39, 0.29) is 6.61 Å². The number of thiazole rings is 1. The zero-order valence-electron chi connectivity index (χ0n) is 14.6. The summed E-state index contributed by atoms with van der Waals surface area (Å²) in [7, 11) is 0. The molecule has 26 heavy (non-hydrogen) atoms. The minimum absolute atomic E-state index is 0.144. The van der Waals surface area contributed by atoms with Crippen LogP contribution in [-0.4, -0.2) is 22.9 Å². The molecular weight excluding hydrogens is 368 g/mol. The molecule has 3 aromatic rings. The average molecular weight is 389 g/mol. The molecule has 0 bridgehead atoms. The second kappa shape index (κ2) is 9.03. The van der Waals surface area contributed by atoms with Gasteiger partial charge in [-0.15, -0.1) is 11.3 Å². The van der Waals surface area contributed by atoms with Crippen LogP contribution in [0.15, 0.2) is 58.9 Å². The zero-order chi connectivity index (χ0) is 18.4. The molecule has 1 heterocycles. The molecule has 0 saturated heterocycles. The molecule has 0 unspecified atom stereocenters. The van der Waals surface area contributed by atoms with Crippen molar-refractivity contribution in [3.8, 4) is 17.0 Å². The predicted octanol–water partition coefficient (Wildman–Crippen LogP) is 4.88. The summed E-state index contributed by atoms with van der Waals surface area (Å²) in [6.45, 7) is 3.46. The van der Waals surface area contributed by atoms with Crippen molar-refractivity contribution in [1.82, 2.24) is 4.57 Å². The Bertz CT molecular complexity index is 899. The molecule has 6 heteroatoms. The van der Waals surface area contributed by atoms with Gasteiger partial charge in [-0.2, -0.15) is 0 Å². The van der Waals surface area contributed by atoms with Gasteiger partial charge in [0.15, 0.2) is 4.80 Å². The van der Waals surface area contributed by atoms with Gasteiger partial charge in [0, 0.05) is 23.6 Å². The Morgan fingerprint density at radius 2 is 1.85 bits per heavy atom. The van der Waals surface area contributed by atoms with E-state index in [1.165, 1.54) is 0 Å². The van der Waals surface area contributed by atoms with Gasteiger partial charge in [0.25, 0.3) is 0 Å². The van der Waals surface area contributed by atoms with Crippen molar-refractivity contribution >= 4 is 28.6 Å². The lowest BCUT2D eigenvalue weighted by molar-refractivity contribution is 0.279. The first-order valence-electron chi connectivity index (χ1n) is 8.54. The normalized spacial score (nSPS) is 11.7. The lowest BCUT2D eigenvalue weighted by atomic mass is 10.2. The number of halogens is 1. The van der Waals surface area contributed by atoms with Gasteiger partial charge >= 0.3 is 0 Å². The highest BCUT2D eigenvalue weighted by Crippen LogP contribution is 2.23. The van der Waals surface area contributed by atoms with Crippen LogP contribution >= 0.6 is 22.9 Å². The van der Waals surface area contributed by atoms with Gasteiger partial charge in [-0.25, -0.2) is 4.99 Å². The summed E-state index contributed by atoms with van der Waals surface area (Å²) >= 11 is 7.59. The number of nitrogens with zero attached hydrogens (tertiary/aromatic N) is 2. The van der Waals surface area contributed by atoms with Gasteiger partial charge in [-0.3, -0.25) is 0 Å². The van der Waals surface area contributed by atoms with Crippen molar-refractivity contribution in [2.75, 3.05) is 13.2 Å². The molecule has 0 amide bonds. The molecule has 4 nitrogen and oxygen atoms in total. The van der Waals surface area contributed by atoms with E-state index in [4.69, 9.17) is 21.3 Å². The highest BCUT2D eigenvalue weighted by atomic mass is 35.5. The van der Waals surface area contributed by atoms with Crippen molar-refractivity contribution in [1.29, 1.82) is 0 Å². The van der Waals surface area contributed by atoms with E-state index in [0.717, 1.165) is 27.5 Å².